The van der Waals surface area contributed by atoms with Crippen molar-refractivity contribution in [2.75, 3.05) is 38.3 Å². The van der Waals surface area contributed by atoms with Crippen LogP contribution in [0.1, 0.15) is 29.1 Å². The molecule has 140 valence electrons. The van der Waals surface area contributed by atoms with Crippen LogP contribution in [0, 0.1) is 5.92 Å². The van der Waals surface area contributed by atoms with E-state index in [1.54, 1.807) is 7.11 Å². The number of aromatic nitrogens is 2. The molecule has 4 heterocycles. The lowest BCUT2D eigenvalue weighted by Gasteiger charge is -2.35. The Bertz CT molecular complexity index is 752. The van der Waals surface area contributed by atoms with Crippen LogP contribution in [-0.2, 0) is 28.9 Å². The Morgan fingerprint density at radius 2 is 2.19 bits per heavy atom. The zero-order chi connectivity index (χ0) is 17.9. The number of hydrogen-bond acceptors (Lipinski definition) is 7. The second kappa shape index (κ2) is 8.02. The first kappa shape index (κ1) is 17.9. The van der Waals surface area contributed by atoms with E-state index in [4.69, 9.17) is 4.74 Å². The van der Waals surface area contributed by atoms with Gasteiger partial charge in [0, 0.05) is 62.0 Å². The molecular formula is C18H24N4O2S2. The Labute approximate surface area is 162 Å². The maximum absolute atomic E-state index is 12.9. The first-order chi connectivity index (χ1) is 12.7. The summed E-state index contributed by atoms with van der Waals surface area (Å²) in [5.74, 6) is 1.33. The van der Waals surface area contributed by atoms with E-state index in [-0.39, 0.29) is 5.92 Å². The fourth-order valence-corrected chi connectivity index (χ4v) is 5.33. The van der Waals surface area contributed by atoms with Crippen molar-refractivity contribution in [3.8, 4) is 0 Å². The average Bonchev–Trinajstić information content (AvgIpc) is 3.34. The van der Waals surface area contributed by atoms with Crippen LogP contribution in [0.15, 0.2) is 11.4 Å². The largest absolute Gasteiger partial charge is 0.384 e. The van der Waals surface area contributed by atoms with Gasteiger partial charge in [-0.2, -0.15) is 4.37 Å². The molecule has 0 aliphatic carbocycles. The minimum absolute atomic E-state index is 0.146. The average molecular weight is 393 g/mol. The summed E-state index contributed by atoms with van der Waals surface area (Å²) < 4.78 is 9.49. The fourth-order valence-electron chi connectivity index (χ4n) is 3.68. The fraction of sp³-hybridized carbons (Fsp3) is 0.611. The van der Waals surface area contributed by atoms with Gasteiger partial charge in [0.1, 0.15) is 5.82 Å². The van der Waals surface area contributed by atoms with Gasteiger partial charge in [0.05, 0.1) is 6.61 Å². The normalized spacial score (nSPS) is 18.2. The first-order valence-corrected chi connectivity index (χ1v) is 10.8. The molecule has 0 unspecified atom stereocenters. The Balaban J connectivity index is 1.31. The van der Waals surface area contributed by atoms with Crippen LogP contribution in [0.5, 0.6) is 0 Å². The van der Waals surface area contributed by atoms with Crippen LogP contribution in [0.3, 0.4) is 0 Å². The van der Waals surface area contributed by atoms with Gasteiger partial charge in [-0.25, -0.2) is 4.98 Å². The number of fused-ring (bicyclic) bond motifs is 1. The number of ether oxygens (including phenoxy) is 1. The van der Waals surface area contributed by atoms with Gasteiger partial charge in [-0.05, 0) is 36.3 Å². The molecule has 0 saturated carbocycles. The number of anilines is 1. The lowest BCUT2D eigenvalue weighted by atomic mass is 9.94. The molecule has 1 amide bonds. The van der Waals surface area contributed by atoms with Crippen LogP contribution in [0.2, 0.25) is 0 Å². The van der Waals surface area contributed by atoms with Crippen LogP contribution >= 0.6 is 22.9 Å². The summed E-state index contributed by atoms with van der Waals surface area (Å²) in [6.07, 6.45) is 3.56. The maximum Gasteiger partial charge on any atom is 0.226 e. The third-order valence-corrected chi connectivity index (χ3v) is 7.06. The smallest absolute Gasteiger partial charge is 0.226 e. The van der Waals surface area contributed by atoms with Crippen LogP contribution in [0.4, 0.5) is 5.13 Å². The van der Waals surface area contributed by atoms with E-state index in [1.165, 1.54) is 22.0 Å². The zero-order valence-electron chi connectivity index (χ0n) is 15.0. The number of methoxy groups -OCH3 is 1. The zero-order valence-corrected chi connectivity index (χ0v) is 16.7. The van der Waals surface area contributed by atoms with Crippen LogP contribution < -0.4 is 4.90 Å². The van der Waals surface area contributed by atoms with Gasteiger partial charge >= 0.3 is 0 Å². The van der Waals surface area contributed by atoms with Crippen LogP contribution in [0.25, 0.3) is 0 Å². The highest BCUT2D eigenvalue weighted by atomic mass is 32.1. The Kier molecular flexibility index (Phi) is 5.52. The van der Waals surface area contributed by atoms with Gasteiger partial charge in [-0.1, -0.05) is 0 Å². The minimum Gasteiger partial charge on any atom is -0.384 e. The van der Waals surface area contributed by atoms with E-state index in [2.05, 4.69) is 30.6 Å². The molecule has 2 aromatic heterocycles. The Morgan fingerprint density at radius 3 is 3.00 bits per heavy atom. The number of rotatable bonds is 5. The third kappa shape index (κ3) is 3.77. The van der Waals surface area contributed by atoms with Crippen molar-refractivity contribution < 1.29 is 9.53 Å². The highest BCUT2D eigenvalue weighted by Gasteiger charge is 2.31. The quantitative estimate of drug-likeness (QED) is 0.783. The number of amides is 1. The predicted octanol–water partition coefficient (Wildman–Crippen LogP) is 2.59. The molecule has 0 radical (unpaired) electrons. The van der Waals surface area contributed by atoms with E-state index >= 15 is 0 Å². The second-order valence-electron chi connectivity index (χ2n) is 6.88. The molecule has 1 fully saturated rings. The summed E-state index contributed by atoms with van der Waals surface area (Å²) >= 11 is 3.27. The molecule has 1 saturated heterocycles. The number of carbonyl (C=O) groups is 1. The highest BCUT2D eigenvalue weighted by molar-refractivity contribution is 7.10. The van der Waals surface area contributed by atoms with E-state index < -0.39 is 0 Å². The minimum atomic E-state index is 0.146. The standard InChI is InChI=1S/C18H24N4O2S2/c1-24-10-5-16-19-18(26-20-16)21-7-2-13(3-8-21)17(23)22-9-4-15-14(12-22)6-11-25-15/h6,11,13H,2-5,7-10,12H2,1H3. The van der Waals surface area contributed by atoms with Crippen molar-refractivity contribution in [3.05, 3.63) is 27.7 Å². The first-order valence-electron chi connectivity index (χ1n) is 9.15. The SMILES string of the molecule is COCCc1nsc(N2CCC(C(=O)N3CCc4sccc4C3)CC2)n1. The summed E-state index contributed by atoms with van der Waals surface area (Å²) in [5, 5.41) is 3.11. The van der Waals surface area contributed by atoms with Gasteiger partial charge in [0.15, 0.2) is 0 Å². The van der Waals surface area contributed by atoms with Crippen molar-refractivity contribution in [1.82, 2.24) is 14.3 Å². The summed E-state index contributed by atoms with van der Waals surface area (Å²) in [6, 6.07) is 2.17. The number of thiophene rings is 1. The number of nitrogens with zero attached hydrogens (tertiary/aromatic N) is 4. The van der Waals surface area contributed by atoms with Gasteiger partial charge in [-0.15, -0.1) is 11.3 Å². The Hall–Kier alpha value is -1.51. The second-order valence-corrected chi connectivity index (χ2v) is 8.61. The van der Waals surface area contributed by atoms with Crippen molar-refractivity contribution in [3.63, 3.8) is 0 Å². The van der Waals surface area contributed by atoms with Gasteiger partial charge in [0.2, 0.25) is 11.0 Å². The van der Waals surface area contributed by atoms with Crippen molar-refractivity contribution in [2.45, 2.75) is 32.2 Å². The summed E-state index contributed by atoms with van der Waals surface area (Å²) in [6.45, 7) is 4.07. The Morgan fingerprint density at radius 1 is 1.35 bits per heavy atom. The van der Waals surface area contributed by atoms with Gasteiger partial charge < -0.3 is 14.5 Å². The van der Waals surface area contributed by atoms with E-state index in [0.717, 1.165) is 62.8 Å². The van der Waals surface area contributed by atoms with Crippen molar-refractivity contribution in [2.24, 2.45) is 5.92 Å². The van der Waals surface area contributed by atoms with E-state index in [0.29, 0.717) is 12.5 Å². The van der Waals surface area contributed by atoms with E-state index in [9.17, 15) is 4.79 Å². The van der Waals surface area contributed by atoms with E-state index in [1.807, 2.05) is 11.3 Å². The summed E-state index contributed by atoms with van der Waals surface area (Å²) in [7, 11) is 1.69. The molecule has 0 spiro atoms. The van der Waals surface area contributed by atoms with Gasteiger partial charge in [0.25, 0.3) is 0 Å². The molecule has 2 aromatic rings. The molecule has 26 heavy (non-hydrogen) atoms. The van der Waals surface area contributed by atoms with Gasteiger partial charge in [-0.3, -0.25) is 4.79 Å². The highest BCUT2D eigenvalue weighted by Crippen LogP contribution is 2.29. The predicted molar refractivity (Wildman–Crippen MR) is 104 cm³/mol. The molecule has 6 nitrogen and oxygen atoms in total. The monoisotopic (exact) mass is 392 g/mol. The molecular weight excluding hydrogens is 368 g/mol. The lowest BCUT2D eigenvalue weighted by Crippen LogP contribution is -2.44. The molecule has 2 aliphatic heterocycles. The molecule has 0 N–H and O–H groups in total. The molecule has 2 aliphatic rings. The summed E-state index contributed by atoms with van der Waals surface area (Å²) in [4.78, 5) is 23.3. The number of piperidine rings is 1. The molecule has 0 atom stereocenters. The van der Waals surface area contributed by atoms with Crippen molar-refractivity contribution >= 4 is 33.9 Å². The third-order valence-electron chi connectivity index (χ3n) is 5.22. The molecule has 8 heteroatoms. The maximum atomic E-state index is 12.9. The van der Waals surface area contributed by atoms with Crippen LogP contribution in [-0.4, -0.2) is 53.5 Å². The lowest BCUT2D eigenvalue weighted by molar-refractivity contribution is -0.137. The molecule has 0 bridgehead atoms. The summed E-state index contributed by atoms with van der Waals surface area (Å²) in [5.41, 5.74) is 1.34. The number of carbonyl (C=O) groups excluding carboxylic acids is 1. The molecule has 4 rings (SSSR count). The molecule has 0 aromatic carbocycles. The number of hydrogen-bond donors (Lipinski definition) is 0. The topological polar surface area (TPSA) is 58.6 Å². The van der Waals surface area contributed by atoms with Crippen molar-refractivity contribution in [1.29, 1.82) is 0 Å².